The Hall–Kier alpha value is -0.670. The fourth-order valence-corrected chi connectivity index (χ4v) is 5.78. The Kier molecular flexibility index (Phi) is 10.9. The molecule has 1 aromatic carbocycles. The normalized spacial score (nSPS) is 28.8. The first-order chi connectivity index (χ1) is 13.7. The molecule has 3 rings (SSSR count). The van der Waals surface area contributed by atoms with E-state index in [1.54, 1.807) is 0 Å². The molecular weight excluding hydrogens is 497 g/mol. The molecule has 0 aromatic heterocycles. The molecule has 29 heavy (non-hydrogen) atoms. The van der Waals surface area contributed by atoms with Gasteiger partial charge >= 0.3 is 0 Å². The molecule has 1 saturated carbocycles. The van der Waals surface area contributed by atoms with Gasteiger partial charge in [-0.3, -0.25) is 9.20 Å². The van der Waals surface area contributed by atoms with Crippen LogP contribution in [0.5, 0.6) is 0 Å². The highest BCUT2D eigenvalue weighted by Crippen LogP contribution is 2.33. The summed E-state index contributed by atoms with van der Waals surface area (Å²) in [6.45, 7) is 3.69. The summed E-state index contributed by atoms with van der Waals surface area (Å²) < 4.78 is 18.3. The number of halogens is 1. The fraction of sp³-hybridized carbons (Fsp3) is 0.682. The smallest absolute Gasteiger partial charge is 0.191 e. The zero-order chi connectivity index (χ0) is 19.8. The molecule has 2 fully saturated rings. The van der Waals surface area contributed by atoms with Crippen molar-refractivity contribution >= 4 is 40.7 Å². The number of benzene rings is 1. The lowest BCUT2D eigenvalue weighted by atomic mass is 9.89. The van der Waals surface area contributed by atoms with E-state index in [9.17, 15) is 4.21 Å². The molecule has 5 unspecified atom stereocenters. The van der Waals surface area contributed by atoms with Crippen molar-refractivity contribution in [1.29, 1.82) is 0 Å². The van der Waals surface area contributed by atoms with Gasteiger partial charge in [0.2, 0.25) is 0 Å². The number of guanidine groups is 1. The topological polar surface area (TPSA) is 62.7 Å². The van der Waals surface area contributed by atoms with E-state index in [4.69, 9.17) is 4.74 Å². The summed E-state index contributed by atoms with van der Waals surface area (Å²) in [6, 6.07) is 10.9. The molecule has 1 aliphatic heterocycles. The zero-order valence-corrected chi connectivity index (χ0v) is 20.8. The van der Waals surface area contributed by atoms with Crippen molar-refractivity contribution in [3.63, 3.8) is 0 Å². The number of ether oxygens (including phenoxy) is 1. The van der Waals surface area contributed by atoms with E-state index >= 15 is 0 Å². The van der Waals surface area contributed by atoms with Crippen molar-refractivity contribution in [3.8, 4) is 0 Å². The van der Waals surface area contributed by atoms with Gasteiger partial charge in [-0.1, -0.05) is 43.7 Å². The number of nitrogens with zero attached hydrogens (tertiary/aromatic N) is 1. The van der Waals surface area contributed by atoms with Crippen LogP contribution in [-0.4, -0.2) is 47.4 Å². The summed E-state index contributed by atoms with van der Waals surface area (Å²) in [6.07, 6.45) is 6.73. The van der Waals surface area contributed by atoms with Crippen LogP contribution in [0.15, 0.2) is 35.3 Å². The molecule has 5 nitrogen and oxygen atoms in total. The van der Waals surface area contributed by atoms with Gasteiger partial charge in [0, 0.05) is 54.0 Å². The van der Waals surface area contributed by atoms with Crippen LogP contribution in [0.4, 0.5) is 0 Å². The Bertz CT molecular complexity index is 659. The Morgan fingerprint density at radius 2 is 2.00 bits per heavy atom. The maximum atomic E-state index is 12.2. The Morgan fingerprint density at radius 1 is 1.21 bits per heavy atom. The number of hydrogen-bond acceptors (Lipinski definition) is 3. The van der Waals surface area contributed by atoms with Crippen molar-refractivity contribution in [1.82, 2.24) is 10.6 Å². The van der Waals surface area contributed by atoms with E-state index in [1.807, 2.05) is 20.0 Å². The molecule has 7 heteroatoms. The quantitative estimate of drug-likeness (QED) is 0.330. The Morgan fingerprint density at radius 3 is 2.72 bits per heavy atom. The van der Waals surface area contributed by atoms with E-state index in [0.29, 0.717) is 17.2 Å². The van der Waals surface area contributed by atoms with E-state index in [2.05, 4.69) is 39.9 Å². The standard InChI is InChI=1S/C22H35N3O2S.HI/c1-3-28(26)20-13-7-12-19(15-20)25-22(23-2)24-16-18-11-8-14-27-21(18)17-9-5-4-6-10-17;/h4-6,9-10,18-21H,3,7-8,11-16H2,1-2H3,(H2,23,24,25);1H. The Labute approximate surface area is 195 Å². The third-order valence-corrected chi connectivity index (χ3v) is 7.69. The van der Waals surface area contributed by atoms with Gasteiger partial charge in [0.05, 0.1) is 6.10 Å². The average molecular weight is 534 g/mol. The zero-order valence-electron chi connectivity index (χ0n) is 17.6. The summed E-state index contributed by atoms with van der Waals surface area (Å²) in [5.74, 6) is 2.04. The minimum atomic E-state index is -0.701. The summed E-state index contributed by atoms with van der Waals surface area (Å²) in [4.78, 5) is 4.43. The fourth-order valence-electron chi connectivity index (χ4n) is 4.43. The van der Waals surface area contributed by atoms with Gasteiger partial charge in [-0.05, 0) is 37.7 Å². The second-order valence-corrected chi connectivity index (χ2v) is 9.86. The van der Waals surface area contributed by atoms with Crippen molar-refractivity contribution in [2.45, 2.75) is 62.8 Å². The summed E-state index contributed by atoms with van der Waals surface area (Å²) in [7, 11) is 1.12. The van der Waals surface area contributed by atoms with Crippen molar-refractivity contribution in [2.75, 3.05) is 26.0 Å². The molecule has 0 radical (unpaired) electrons. The van der Waals surface area contributed by atoms with Crippen LogP contribution in [0.1, 0.15) is 57.1 Å². The molecular formula is C22H36IN3O2S. The molecule has 1 aromatic rings. The van der Waals surface area contributed by atoms with Crippen LogP contribution in [-0.2, 0) is 15.5 Å². The lowest BCUT2D eigenvalue weighted by Crippen LogP contribution is -2.48. The maximum Gasteiger partial charge on any atom is 0.191 e. The van der Waals surface area contributed by atoms with Gasteiger partial charge in [-0.2, -0.15) is 0 Å². The summed E-state index contributed by atoms with van der Waals surface area (Å²) in [5, 5.41) is 7.42. The average Bonchev–Trinajstić information content (AvgIpc) is 2.77. The highest BCUT2D eigenvalue weighted by molar-refractivity contribution is 14.0. The first-order valence-electron chi connectivity index (χ1n) is 10.7. The molecule has 0 bridgehead atoms. The van der Waals surface area contributed by atoms with Crippen LogP contribution < -0.4 is 10.6 Å². The van der Waals surface area contributed by atoms with Crippen LogP contribution in [0.2, 0.25) is 0 Å². The first kappa shape index (κ1) is 24.6. The molecule has 2 N–H and O–H groups in total. The van der Waals surface area contributed by atoms with Crippen LogP contribution in [0.25, 0.3) is 0 Å². The Balaban J connectivity index is 0.00000300. The first-order valence-corrected chi connectivity index (χ1v) is 12.1. The lowest BCUT2D eigenvalue weighted by Gasteiger charge is -2.34. The predicted octanol–water partition coefficient (Wildman–Crippen LogP) is 4.02. The summed E-state index contributed by atoms with van der Waals surface area (Å²) >= 11 is 0. The maximum absolute atomic E-state index is 12.2. The van der Waals surface area contributed by atoms with Gasteiger partial charge in [0.15, 0.2) is 5.96 Å². The van der Waals surface area contributed by atoms with E-state index < -0.39 is 10.8 Å². The van der Waals surface area contributed by atoms with E-state index in [1.165, 1.54) is 5.56 Å². The second kappa shape index (κ2) is 12.9. The number of rotatable bonds is 6. The highest BCUT2D eigenvalue weighted by atomic mass is 127. The van der Waals surface area contributed by atoms with Crippen molar-refractivity contribution in [3.05, 3.63) is 35.9 Å². The van der Waals surface area contributed by atoms with Crippen molar-refractivity contribution in [2.24, 2.45) is 10.9 Å². The largest absolute Gasteiger partial charge is 0.373 e. The molecule has 0 amide bonds. The summed E-state index contributed by atoms with van der Waals surface area (Å²) in [5.41, 5.74) is 1.26. The SMILES string of the molecule is CCS(=O)C1CCCC(NC(=NC)NCC2CCCOC2c2ccccc2)C1.I. The predicted molar refractivity (Wildman–Crippen MR) is 132 cm³/mol. The molecule has 5 atom stereocenters. The molecule has 0 spiro atoms. The van der Waals surface area contributed by atoms with Crippen LogP contribution in [0.3, 0.4) is 0 Å². The molecule has 2 aliphatic rings. The van der Waals surface area contributed by atoms with E-state index in [0.717, 1.165) is 63.4 Å². The van der Waals surface area contributed by atoms with Gasteiger partial charge in [0.1, 0.15) is 0 Å². The van der Waals surface area contributed by atoms with Gasteiger partial charge in [-0.25, -0.2) is 0 Å². The molecule has 1 aliphatic carbocycles. The monoisotopic (exact) mass is 533 g/mol. The highest BCUT2D eigenvalue weighted by Gasteiger charge is 2.29. The van der Waals surface area contributed by atoms with Crippen LogP contribution in [0, 0.1) is 5.92 Å². The number of nitrogens with one attached hydrogen (secondary N) is 2. The van der Waals surface area contributed by atoms with Gasteiger partial charge < -0.3 is 15.4 Å². The molecule has 164 valence electrons. The third kappa shape index (κ3) is 7.21. The number of aliphatic imine (C=N–C) groups is 1. The third-order valence-electron chi connectivity index (χ3n) is 5.95. The van der Waals surface area contributed by atoms with Gasteiger partial charge in [0.25, 0.3) is 0 Å². The van der Waals surface area contributed by atoms with E-state index in [-0.39, 0.29) is 30.1 Å². The second-order valence-electron chi connectivity index (χ2n) is 7.86. The minimum Gasteiger partial charge on any atom is -0.373 e. The van der Waals surface area contributed by atoms with Gasteiger partial charge in [-0.15, -0.1) is 24.0 Å². The molecule has 1 saturated heterocycles. The van der Waals surface area contributed by atoms with Crippen molar-refractivity contribution < 1.29 is 8.95 Å². The number of hydrogen-bond donors (Lipinski definition) is 2. The minimum absolute atomic E-state index is 0. The molecule has 1 heterocycles. The van der Waals surface area contributed by atoms with Crippen LogP contribution >= 0.6 is 24.0 Å². The lowest BCUT2D eigenvalue weighted by molar-refractivity contribution is -0.0265.